The largest absolute Gasteiger partial charge is 0.392 e. The van der Waals surface area contributed by atoms with E-state index in [0.29, 0.717) is 5.92 Å². The summed E-state index contributed by atoms with van der Waals surface area (Å²) in [6, 6.07) is 6.17. The Morgan fingerprint density at radius 2 is 2.33 bits per heavy atom. The fourth-order valence-corrected chi connectivity index (χ4v) is 2.94. The lowest BCUT2D eigenvalue weighted by Gasteiger charge is -2.13. The third kappa shape index (κ3) is 2.41. The summed E-state index contributed by atoms with van der Waals surface area (Å²) in [4.78, 5) is 2.36. The molecule has 1 atom stereocenters. The van der Waals surface area contributed by atoms with Crippen LogP contribution in [0, 0.1) is 0 Å². The Balaban J connectivity index is 2.21. The first-order valence-corrected chi connectivity index (χ1v) is 6.07. The lowest BCUT2D eigenvalue weighted by atomic mass is 9.97. The number of aliphatic hydroxyl groups excluding tert-OH is 1. The molecular weight excluding hydrogens is 254 g/mol. The number of hydrogen-bond acceptors (Lipinski definition) is 2. The summed E-state index contributed by atoms with van der Waals surface area (Å²) in [6.07, 6.45) is 1.23. The van der Waals surface area contributed by atoms with Crippen LogP contribution in [-0.2, 0) is 6.61 Å². The Bertz CT molecular complexity index is 353. The highest BCUT2D eigenvalue weighted by molar-refractivity contribution is 9.10. The van der Waals surface area contributed by atoms with Gasteiger partial charge in [0.25, 0.3) is 0 Å². The molecule has 0 aliphatic carbocycles. The average Bonchev–Trinajstić information content (AvgIpc) is 2.64. The van der Waals surface area contributed by atoms with Gasteiger partial charge in [0.2, 0.25) is 0 Å². The van der Waals surface area contributed by atoms with Crippen LogP contribution in [0.1, 0.15) is 23.5 Å². The van der Waals surface area contributed by atoms with Crippen molar-refractivity contribution in [3.05, 3.63) is 33.8 Å². The van der Waals surface area contributed by atoms with Crippen LogP contribution in [0.5, 0.6) is 0 Å². The number of aliphatic hydroxyl groups is 1. The molecule has 0 radical (unpaired) electrons. The van der Waals surface area contributed by atoms with E-state index in [1.54, 1.807) is 0 Å². The van der Waals surface area contributed by atoms with Gasteiger partial charge in [0, 0.05) is 11.0 Å². The molecule has 15 heavy (non-hydrogen) atoms. The van der Waals surface area contributed by atoms with Crippen LogP contribution in [0.3, 0.4) is 0 Å². The van der Waals surface area contributed by atoms with Crippen molar-refractivity contribution < 1.29 is 5.11 Å². The number of benzene rings is 1. The Labute approximate surface area is 99.0 Å². The van der Waals surface area contributed by atoms with Crippen molar-refractivity contribution in [3.63, 3.8) is 0 Å². The molecule has 0 amide bonds. The molecule has 1 heterocycles. The number of hydrogen-bond donors (Lipinski definition) is 1. The van der Waals surface area contributed by atoms with E-state index in [-0.39, 0.29) is 6.61 Å². The van der Waals surface area contributed by atoms with Crippen LogP contribution < -0.4 is 0 Å². The van der Waals surface area contributed by atoms with Crippen LogP contribution in [0.2, 0.25) is 0 Å². The van der Waals surface area contributed by atoms with Crippen LogP contribution >= 0.6 is 15.9 Å². The first-order valence-electron chi connectivity index (χ1n) is 5.28. The summed E-state index contributed by atoms with van der Waals surface area (Å²) < 4.78 is 1.13. The van der Waals surface area contributed by atoms with Crippen molar-refractivity contribution in [3.8, 4) is 0 Å². The quantitative estimate of drug-likeness (QED) is 0.891. The minimum Gasteiger partial charge on any atom is -0.392 e. The highest BCUT2D eigenvalue weighted by Crippen LogP contribution is 2.32. The van der Waals surface area contributed by atoms with Gasteiger partial charge in [-0.25, -0.2) is 0 Å². The number of nitrogens with zero attached hydrogens (tertiary/aromatic N) is 1. The molecule has 1 aromatic rings. The summed E-state index contributed by atoms with van der Waals surface area (Å²) in [7, 11) is 2.16. The van der Waals surface area contributed by atoms with E-state index < -0.39 is 0 Å². The zero-order valence-electron chi connectivity index (χ0n) is 8.91. The van der Waals surface area contributed by atoms with E-state index in [4.69, 9.17) is 5.11 Å². The van der Waals surface area contributed by atoms with E-state index in [1.165, 1.54) is 18.5 Å². The lowest BCUT2D eigenvalue weighted by molar-refractivity contribution is 0.281. The van der Waals surface area contributed by atoms with E-state index in [2.05, 4.69) is 33.9 Å². The predicted molar refractivity (Wildman–Crippen MR) is 64.9 cm³/mol. The molecule has 0 aromatic heterocycles. The van der Waals surface area contributed by atoms with Crippen LogP contribution in [0.15, 0.2) is 22.7 Å². The normalized spacial score (nSPS) is 22.2. The van der Waals surface area contributed by atoms with Crippen molar-refractivity contribution in [2.24, 2.45) is 0 Å². The van der Waals surface area contributed by atoms with Crippen LogP contribution in [-0.4, -0.2) is 30.1 Å². The maximum Gasteiger partial charge on any atom is 0.0682 e. The maximum absolute atomic E-state index is 9.03. The van der Waals surface area contributed by atoms with Gasteiger partial charge in [-0.1, -0.05) is 28.1 Å². The Morgan fingerprint density at radius 3 is 2.87 bits per heavy atom. The summed E-state index contributed by atoms with van der Waals surface area (Å²) >= 11 is 3.59. The molecule has 0 saturated carbocycles. The van der Waals surface area contributed by atoms with Gasteiger partial charge in [0.05, 0.1) is 6.61 Å². The molecule has 1 aliphatic rings. The van der Waals surface area contributed by atoms with Gasteiger partial charge in [0.15, 0.2) is 0 Å². The van der Waals surface area contributed by atoms with Crippen molar-refractivity contribution in [1.29, 1.82) is 0 Å². The zero-order valence-corrected chi connectivity index (χ0v) is 10.5. The second-order valence-corrected chi connectivity index (χ2v) is 5.12. The van der Waals surface area contributed by atoms with Crippen molar-refractivity contribution >= 4 is 15.9 Å². The number of halogens is 1. The number of rotatable bonds is 2. The molecule has 1 aromatic carbocycles. The van der Waals surface area contributed by atoms with Gasteiger partial charge in [0.1, 0.15) is 0 Å². The fourth-order valence-electron chi connectivity index (χ4n) is 2.19. The van der Waals surface area contributed by atoms with Gasteiger partial charge < -0.3 is 10.0 Å². The second kappa shape index (κ2) is 4.64. The van der Waals surface area contributed by atoms with E-state index >= 15 is 0 Å². The molecule has 2 nitrogen and oxygen atoms in total. The number of likely N-dealkylation sites (tertiary alicyclic amines) is 1. The van der Waals surface area contributed by atoms with E-state index in [9.17, 15) is 0 Å². The van der Waals surface area contributed by atoms with Gasteiger partial charge in [-0.15, -0.1) is 0 Å². The molecule has 1 aliphatic heterocycles. The lowest BCUT2D eigenvalue weighted by Crippen LogP contribution is -2.13. The molecular formula is C12H16BrNO. The van der Waals surface area contributed by atoms with Gasteiger partial charge in [-0.2, -0.15) is 0 Å². The highest BCUT2D eigenvalue weighted by Gasteiger charge is 2.22. The Morgan fingerprint density at radius 1 is 1.53 bits per heavy atom. The van der Waals surface area contributed by atoms with Crippen molar-refractivity contribution in [2.45, 2.75) is 18.9 Å². The SMILES string of the molecule is CN1CCC(c2ccc(CO)cc2Br)C1. The second-order valence-electron chi connectivity index (χ2n) is 4.26. The minimum atomic E-state index is 0.115. The van der Waals surface area contributed by atoms with Crippen molar-refractivity contribution in [2.75, 3.05) is 20.1 Å². The highest BCUT2D eigenvalue weighted by atomic mass is 79.9. The molecule has 0 spiro atoms. The summed E-state index contributed by atoms with van der Waals surface area (Å²) in [5, 5.41) is 9.03. The topological polar surface area (TPSA) is 23.5 Å². The Hall–Kier alpha value is -0.380. The molecule has 0 bridgehead atoms. The fraction of sp³-hybridized carbons (Fsp3) is 0.500. The summed E-state index contributed by atoms with van der Waals surface area (Å²) in [5.41, 5.74) is 2.34. The molecule has 1 saturated heterocycles. The molecule has 1 fully saturated rings. The van der Waals surface area contributed by atoms with E-state index in [0.717, 1.165) is 16.6 Å². The Kier molecular flexibility index (Phi) is 3.44. The molecule has 82 valence electrons. The molecule has 1 N–H and O–H groups in total. The first-order chi connectivity index (χ1) is 7.20. The first kappa shape index (κ1) is 11.1. The van der Waals surface area contributed by atoms with Crippen molar-refractivity contribution in [1.82, 2.24) is 4.90 Å². The smallest absolute Gasteiger partial charge is 0.0682 e. The van der Waals surface area contributed by atoms with Gasteiger partial charge in [-0.3, -0.25) is 0 Å². The van der Waals surface area contributed by atoms with Crippen LogP contribution in [0.4, 0.5) is 0 Å². The molecule has 2 rings (SSSR count). The standard InChI is InChI=1S/C12H16BrNO/c1-14-5-4-10(7-14)11-3-2-9(8-15)6-12(11)13/h2-3,6,10,15H,4-5,7-8H2,1H3. The third-order valence-electron chi connectivity index (χ3n) is 3.08. The molecule has 3 heteroatoms. The average molecular weight is 270 g/mol. The third-order valence-corrected chi connectivity index (χ3v) is 3.77. The number of likely N-dealkylation sites (N-methyl/N-ethyl adjacent to an activating group) is 1. The van der Waals surface area contributed by atoms with Gasteiger partial charge >= 0.3 is 0 Å². The molecule has 1 unspecified atom stereocenters. The summed E-state index contributed by atoms with van der Waals surface area (Å²) in [6.45, 7) is 2.43. The monoisotopic (exact) mass is 269 g/mol. The minimum absolute atomic E-state index is 0.115. The van der Waals surface area contributed by atoms with Gasteiger partial charge in [-0.05, 0) is 43.1 Å². The summed E-state index contributed by atoms with van der Waals surface area (Å²) in [5.74, 6) is 0.636. The maximum atomic E-state index is 9.03. The predicted octanol–water partition coefficient (Wildman–Crippen LogP) is 2.36. The zero-order chi connectivity index (χ0) is 10.8. The van der Waals surface area contributed by atoms with Crippen LogP contribution in [0.25, 0.3) is 0 Å². The van der Waals surface area contributed by atoms with E-state index in [1.807, 2.05) is 12.1 Å².